The topological polar surface area (TPSA) is 95.7 Å². The van der Waals surface area contributed by atoms with Crippen LogP contribution in [-0.4, -0.2) is 39.2 Å². The number of nitro benzene ring substituents is 1. The number of methoxy groups -OCH3 is 2. The number of sulfone groups is 1. The van der Waals surface area contributed by atoms with Gasteiger partial charge in [0.1, 0.15) is 4.90 Å². The Hall–Kier alpha value is -1.54. The Morgan fingerprint density at radius 1 is 1.29 bits per heavy atom. The van der Waals surface area contributed by atoms with Gasteiger partial charge in [-0.3, -0.25) is 10.1 Å². The van der Waals surface area contributed by atoms with E-state index in [0.717, 1.165) is 12.1 Å². The molecule has 0 N–H and O–H groups in total. The molecule has 0 saturated carbocycles. The van der Waals surface area contributed by atoms with E-state index in [1.807, 2.05) is 0 Å². The Morgan fingerprint density at radius 2 is 1.81 bits per heavy atom. The second-order valence-corrected chi connectivity index (χ2v) is 6.78. The minimum absolute atomic E-state index is 0.0912. The summed E-state index contributed by atoms with van der Waals surface area (Å²) in [7, 11) is -1.23. The fourth-order valence-corrected chi connectivity index (χ4v) is 3.77. The predicted octanol–water partition coefficient (Wildman–Crippen LogP) is 2.26. The first-order valence-corrected chi connectivity index (χ1v) is 8.14. The summed E-state index contributed by atoms with van der Waals surface area (Å²) in [6.07, 6.45) is 0. The lowest BCUT2D eigenvalue weighted by Crippen LogP contribution is -2.16. The molecule has 0 radical (unpaired) electrons. The number of nitro groups is 1. The lowest BCUT2D eigenvalue weighted by atomic mass is 10.3. The zero-order chi connectivity index (χ0) is 16.2. The van der Waals surface area contributed by atoms with E-state index in [2.05, 4.69) is 0 Å². The van der Waals surface area contributed by atoms with E-state index >= 15 is 0 Å². The highest BCUT2D eigenvalue weighted by Gasteiger charge is 2.30. The van der Waals surface area contributed by atoms with Gasteiger partial charge in [0.15, 0.2) is 21.3 Å². The van der Waals surface area contributed by atoms with Gasteiger partial charge in [-0.05, 0) is 5.92 Å². The third kappa shape index (κ3) is 3.98. The Bertz CT molecular complexity index is 631. The first kappa shape index (κ1) is 17.5. The summed E-state index contributed by atoms with van der Waals surface area (Å²) in [5.41, 5.74) is -0.547. The molecule has 0 spiro atoms. The highest BCUT2D eigenvalue weighted by molar-refractivity contribution is 7.91. The Kier molecular flexibility index (Phi) is 5.79. The Balaban J connectivity index is 3.49. The van der Waals surface area contributed by atoms with E-state index in [9.17, 15) is 18.5 Å². The molecule has 0 aromatic heterocycles. The number of benzene rings is 1. The molecule has 0 aliphatic heterocycles. The Morgan fingerprint density at radius 3 is 2.24 bits per heavy atom. The van der Waals surface area contributed by atoms with E-state index in [-0.39, 0.29) is 29.0 Å². The van der Waals surface area contributed by atoms with Crippen molar-refractivity contribution in [3.8, 4) is 11.5 Å². The number of hydrogen-bond acceptors (Lipinski definition) is 6. The molecule has 1 aromatic rings. The number of rotatable bonds is 7. The molecule has 0 bridgehead atoms. The Labute approximate surface area is 127 Å². The van der Waals surface area contributed by atoms with Crippen LogP contribution in [0.2, 0.25) is 0 Å². The average Bonchev–Trinajstić information content (AvgIpc) is 2.44. The molecule has 1 rings (SSSR count). The average molecular weight is 338 g/mol. The van der Waals surface area contributed by atoms with Gasteiger partial charge < -0.3 is 9.47 Å². The van der Waals surface area contributed by atoms with Gasteiger partial charge in [-0.25, -0.2) is 8.42 Å². The van der Waals surface area contributed by atoms with Crippen LogP contribution in [0.25, 0.3) is 0 Å². The fraction of sp³-hybridized carbons (Fsp3) is 0.500. The standard InChI is InChI=1S/C12H16ClNO6S/c1-8(6-13)7-21(17,18)12-5-11(20-3)10(19-2)4-9(12)14(15)16/h4-5,8H,6-7H2,1-3H3. The third-order valence-electron chi connectivity index (χ3n) is 2.76. The van der Waals surface area contributed by atoms with Crippen LogP contribution in [0.4, 0.5) is 5.69 Å². The van der Waals surface area contributed by atoms with Gasteiger partial charge in [0, 0.05) is 11.9 Å². The lowest BCUT2D eigenvalue weighted by Gasteiger charge is -2.12. The van der Waals surface area contributed by atoms with Crippen LogP contribution >= 0.6 is 11.6 Å². The summed E-state index contributed by atoms with van der Waals surface area (Å²) >= 11 is 5.61. The van der Waals surface area contributed by atoms with Gasteiger partial charge >= 0.3 is 0 Å². The number of hydrogen-bond donors (Lipinski definition) is 0. The minimum Gasteiger partial charge on any atom is -0.493 e. The second-order valence-electron chi connectivity index (χ2n) is 4.47. The molecule has 0 aliphatic carbocycles. The van der Waals surface area contributed by atoms with Gasteiger partial charge in [0.2, 0.25) is 0 Å². The maximum absolute atomic E-state index is 12.3. The van der Waals surface area contributed by atoms with Crippen LogP contribution in [0, 0.1) is 16.0 Å². The van der Waals surface area contributed by atoms with Crippen LogP contribution in [0.15, 0.2) is 17.0 Å². The number of halogens is 1. The number of alkyl halides is 1. The first-order valence-electron chi connectivity index (χ1n) is 5.96. The normalized spacial score (nSPS) is 12.8. The van der Waals surface area contributed by atoms with Crippen molar-refractivity contribution in [1.29, 1.82) is 0 Å². The number of nitrogens with zero attached hydrogens (tertiary/aromatic N) is 1. The van der Waals surface area contributed by atoms with Gasteiger partial charge in [0.25, 0.3) is 5.69 Å². The molecule has 118 valence electrons. The summed E-state index contributed by atoms with van der Waals surface area (Å²) in [6, 6.07) is 2.14. The van der Waals surface area contributed by atoms with Gasteiger partial charge in [-0.1, -0.05) is 6.92 Å². The summed E-state index contributed by atoms with van der Waals surface area (Å²) < 4.78 is 34.6. The first-order chi connectivity index (χ1) is 9.76. The molecule has 9 heteroatoms. The monoisotopic (exact) mass is 337 g/mol. The molecule has 1 atom stereocenters. The molecular formula is C12H16ClNO6S. The molecular weight excluding hydrogens is 322 g/mol. The molecule has 0 saturated heterocycles. The predicted molar refractivity (Wildman–Crippen MR) is 78.1 cm³/mol. The molecule has 0 fully saturated rings. The summed E-state index contributed by atoms with van der Waals surface area (Å²) in [5, 5.41) is 11.1. The maximum atomic E-state index is 12.3. The highest BCUT2D eigenvalue weighted by Crippen LogP contribution is 2.37. The third-order valence-corrected chi connectivity index (χ3v) is 5.30. The summed E-state index contributed by atoms with van der Waals surface area (Å²) in [6.45, 7) is 1.65. The quantitative estimate of drug-likeness (QED) is 0.430. The van der Waals surface area contributed by atoms with Crippen LogP contribution < -0.4 is 9.47 Å². The SMILES string of the molecule is COc1cc([N+](=O)[O-])c(S(=O)(=O)CC(C)CCl)cc1OC. The van der Waals surface area contributed by atoms with Crippen molar-refractivity contribution >= 4 is 27.1 Å². The van der Waals surface area contributed by atoms with E-state index in [4.69, 9.17) is 21.1 Å². The van der Waals surface area contributed by atoms with Crippen LogP contribution in [0.1, 0.15) is 6.92 Å². The van der Waals surface area contributed by atoms with Crippen LogP contribution in [-0.2, 0) is 9.84 Å². The second kappa shape index (κ2) is 6.95. The molecule has 21 heavy (non-hydrogen) atoms. The zero-order valence-electron chi connectivity index (χ0n) is 11.8. The molecule has 0 amide bonds. The smallest absolute Gasteiger partial charge is 0.291 e. The van der Waals surface area contributed by atoms with Crippen molar-refractivity contribution < 1.29 is 22.8 Å². The van der Waals surface area contributed by atoms with Gasteiger partial charge in [-0.2, -0.15) is 0 Å². The molecule has 1 aromatic carbocycles. The van der Waals surface area contributed by atoms with Crippen molar-refractivity contribution in [2.24, 2.45) is 5.92 Å². The van der Waals surface area contributed by atoms with Gasteiger partial charge in [0.05, 0.1) is 31.0 Å². The van der Waals surface area contributed by atoms with E-state index < -0.39 is 25.3 Å². The maximum Gasteiger partial charge on any atom is 0.291 e. The van der Waals surface area contributed by atoms with Crippen molar-refractivity contribution in [1.82, 2.24) is 0 Å². The van der Waals surface area contributed by atoms with Gasteiger partial charge in [-0.15, -0.1) is 11.6 Å². The largest absolute Gasteiger partial charge is 0.493 e. The number of ether oxygens (including phenoxy) is 2. The molecule has 0 aliphatic rings. The van der Waals surface area contributed by atoms with E-state index in [1.165, 1.54) is 14.2 Å². The molecule has 1 unspecified atom stereocenters. The minimum atomic E-state index is -3.87. The highest BCUT2D eigenvalue weighted by atomic mass is 35.5. The lowest BCUT2D eigenvalue weighted by molar-refractivity contribution is -0.387. The van der Waals surface area contributed by atoms with Crippen molar-refractivity contribution in [2.75, 3.05) is 25.9 Å². The van der Waals surface area contributed by atoms with Crippen molar-refractivity contribution in [3.05, 3.63) is 22.2 Å². The van der Waals surface area contributed by atoms with E-state index in [1.54, 1.807) is 6.92 Å². The van der Waals surface area contributed by atoms with Crippen molar-refractivity contribution in [2.45, 2.75) is 11.8 Å². The molecule has 0 heterocycles. The zero-order valence-corrected chi connectivity index (χ0v) is 13.4. The van der Waals surface area contributed by atoms with Crippen LogP contribution in [0.3, 0.4) is 0 Å². The fourth-order valence-electron chi connectivity index (χ4n) is 1.75. The van der Waals surface area contributed by atoms with E-state index in [0.29, 0.717) is 0 Å². The molecule has 7 nitrogen and oxygen atoms in total. The van der Waals surface area contributed by atoms with Crippen molar-refractivity contribution in [3.63, 3.8) is 0 Å². The summed E-state index contributed by atoms with van der Waals surface area (Å²) in [5.74, 6) is -0.272. The summed E-state index contributed by atoms with van der Waals surface area (Å²) in [4.78, 5) is 9.95. The van der Waals surface area contributed by atoms with Crippen LogP contribution in [0.5, 0.6) is 11.5 Å².